The normalized spacial score (nSPS) is 17.9. The SMILES string of the molecule is CC#C[C@H]1CN(S(=O)(=O)c2ccc(NC(=O)O)nc2)CCN1c1ccc(C(O)(CN=[N+]=[N-])C(F)(F)F)cc1. The van der Waals surface area contributed by atoms with Crippen molar-refractivity contribution in [1.82, 2.24) is 9.29 Å². The van der Waals surface area contributed by atoms with Gasteiger partial charge in [0.2, 0.25) is 10.0 Å². The zero-order valence-electron chi connectivity index (χ0n) is 19.8. The highest BCUT2D eigenvalue weighted by Crippen LogP contribution is 2.40. The van der Waals surface area contributed by atoms with Gasteiger partial charge in [0, 0.05) is 36.4 Å². The van der Waals surface area contributed by atoms with Crippen LogP contribution < -0.4 is 10.2 Å². The average molecular weight is 554 g/mol. The van der Waals surface area contributed by atoms with Gasteiger partial charge in [-0.15, -0.1) is 5.92 Å². The lowest BCUT2D eigenvalue weighted by molar-refractivity contribution is -0.262. The molecule has 1 fully saturated rings. The maximum Gasteiger partial charge on any atom is 0.421 e. The van der Waals surface area contributed by atoms with Gasteiger partial charge < -0.3 is 15.1 Å². The summed E-state index contributed by atoms with van der Waals surface area (Å²) in [5.41, 5.74) is 4.96. The van der Waals surface area contributed by atoms with E-state index >= 15 is 0 Å². The Kier molecular flexibility index (Phi) is 8.38. The van der Waals surface area contributed by atoms with Crippen molar-refractivity contribution in [3.05, 3.63) is 58.6 Å². The summed E-state index contributed by atoms with van der Waals surface area (Å²) in [6, 6.07) is 6.59. The van der Waals surface area contributed by atoms with E-state index in [1.807, 2.05) is 5.32 Å². The van der Waals surface area contributed by atoms with Crippen molar-refractivity contribution in [2.45, 2.75) is 29.6 Å². The van der Waals surface area contributed by atoms with Crippen LogP contribution in [0.5, 0.6) is 0 Å². The van der Waals surface area contributed by atoms with E-state index in [0.717, 1.165) is 18.3 Å². The predicted molar refractivity (Wildman–Crippen MR) is 130 cm³/mol. The summed E-state index contributed by atoms with van der Waals surface area (Å²) in [6.07, 6.45) is -5.42. The van der Waals surface area contributed by atoms with Gasteiger partial charge in [-0.1, -0.05) is 23.2 Å². The molecule has 1 aromatic carbocycles. The number of aromatic nitrogens is 1. The van der Waals surface area contributed by atoms with E-state index < -0.39 is 46.0 Å². The summed E-state index contributed by atoms with van der Waals surface area (Å²) in [4.78, 5) is 18.4. The lowest BCUT2D eigenvalue weighted by atomic mass is 9.92. The second-order valence-electron chi connectivity index (χ2n) is 8.07. The molecule has 2 heterocycles. The molecule has 1 unspecified atom stereocenters. The van der Waals surface area contributed by atoms with Crippen LogP contribution in [-0.4, -0.2) is 72.4 Å². The maximum atomic E-state index is 13.5. The number of amides is 1. The minimum atomic E-state index is -5.10. The van der Waals surface area contributed by atoms with E-state index in [9.17, 15) is 31.5 Å². The molecule has 202 valence electrons. The second-order valence-corrected chi connectivity index (χ2v) is 10.0. The molecule has 0 aliphatic carbocycles. The summed E-state index contributed by atoms with van der Waals surface area (Å²) in [7, 11) is -4.01. The van der Waals surface area contributed by atoms with Gasteiger partial charge in [-0.3, -0.25) is 5.32 Å². The number of halogens is 3. The molecule has 3 N–H and O–H groups in total. The van der Waals surface area contributed by atoms with E-state index in [2.05, 4.69) is 26.9 Å². The molecule has 0 saturated carbocycles. The number of pyridine rings is 1. The van der Waals surface area contributed by atoms with Crippen molar-refractivity contribution in [3.8, 4) is 11.8 Å². The highest BCUT2D eigenvalue weighted by molar-refractivity contribution is 7.89. The Morgan fingerprint density at radius 1 is 1.26 bits per heavy atom. The molecule has 2 atom stereocenters. The van der Waals surface area contributed by atoms with Crippen molar-refractivity contribution in [1.29, 1.82) is 0 Å². The van der Waals surface area contributed by atoms with Gasteiger partial charge >= 0.3 is 12.3 Å². The summed E-state index contributed by atoms with van der Waals surface area (Å²) >= 11 is 0. The number of alkyl halides is 3. The number of rotatable bonds is 7. The van der Waals surface area contributed by atoms with Gasteiger partial charge in [0.05, 0.1) is 6.54 Å². The van der Waals surface area contributed by atoms with Crippen molar-refractivity contribution < 1.29 is 36.6 Å². The van der Waals surface area contributed by atoms with Crippen molar-refractivity contribution >= 4 is 27.6 Å². The van der Waals surface area contributed by atoms with Crippen LogP contribution in [0.2, 0.25) is 0 Å². The minimum absolute atomic E-state index is 0.0183. The Morgan fingerprint density at radius 2 is 1.95 bits per heavy atom. The summed E-state index contributed by atoms with van der Waals surface area (Å²) < 4.78 is 68.2. The highest BCUT2D eigenvalue weighted by Gasteiger charge is 2.54. The number of nitrogens with one attached hydrogen (secondary N) is 1. The standard InChI is InChI=1S/C22H22F3N7O5S/c1-2-3-17-13-31(38(36,37)18-8-9-19(27-12-18)29-20(33)34)10-11-32(17)16-6-4-15(5-7-16)21(35,14-28-30-26)22(23,24)25/h4-9,12,17,35H,10-11,13-14H2,1H3,(H,27,29)(H,33,34)/t17-,21?/m0/s1. The number of sulfonamides is 1. The third kappa shape index (κ3) is 5.92. The number of azide groups is 1. The molecule has 1 aromatic heterocycles. The number of nitrogens with zero attached hydrogens (tertiary/aromatic N) is 6. The smallest absolute Gasteiger partial charge is 0.421 e. The molecule has 1 saturated heterocycles. The fourth-order valence-electron chi connectivity index (χ4n) is 3.85. The summed E-state index contributed by atoms with van der Waals surface area (Å²) in [6.45, 7) is 0.418. The molecule has 0 radical (unpaired) electrons. The Bertz CT molecular complexity index is 1390. The van der Waals surface area contributed by atoms with Crippen LogP contribution in [0.1, 0.15) is 12.5 Å². The average Bonchev–Trinajstić information content (AvgIpc) is 2.87. The number of benzene rings is 1. The van der Waals surface area contributed by atoms with Crippen LogP contribution in [0.15, 0.2) is 52.6 Å². The van der Waals surface area contributed by atoms with E-state index in [4.69, 9.17) is 10.6 Å². The Balaban J connectivity index is 1.84. The molecule has 12 nitrogen and oxygen atoms in total. The van der Waals surface area contributed by atoms with Gasteiger partial charge in [-0.25, -0.2) is 18.2 Å². The van der Waals surface area contributed by atoms with Gasteiger partial charge in [-0.05, 0) is 42.3 Å². The van der Waals surface area contributed by atoms with Crippen LogP contribution >= 0.6 is 0 Å². The molecule has 1 aliphatic rings. The van der Waals surface area contributed by atoms with Gasteiger partial charge in [-0.2, -0.15) is 17.5 Å². The van der Waals surface area contributed by atoms with Gasteiger partial charge in [0.15, 0.2) is 5.60 Å². The van der Waals surface area contributed by atoms with Crippen molar-refractivity contribution in [2.75, 3.05) is 36.4 Å². The molecule has 2 aromatic rings. The van der Waals surface area contributed by atoms with Crippen LogP contribution in [0.3, 0.4) is 0 Å². The molecule has 0 spiro atoms. The van der Waals surface area contributed by atoms with E-state index in [1.165, 1.54) is 28.6 Å². The first-order chi connectivity index (χ1) is 17.8. The summed E-state index contributed by atoms with van der Waals surface area (Å²) in [5, 5.41) is 23.9. The van der Waals surface area contributed by atoms with Gasteiger partial charge in [0.1, 0.15) is 16.8 Å². The van der Waals surface area contributed by atoms with Crippen LogP contribution in [0, 0.1) is 11.8 Å². The Labute approximate surface area is 215 Å². The molecule has 16 heteroatoms. The monoisotopic (exact) mass is 553 g/mol. The zero-order valence-corrected chi connectivity index (χ0v) is 20.6. The first kappa shape index (κ1) is 28.5. The van der Waals surface area contributed by atoms with Crippen LogP contribution in [-0.2, 0) is 15.6 Å². The van der Waals surface area contributed by atoms with E-state index in [1.54, 1.807) is 11.8 Å². The largest absolute Gasteiger partial charge is 0.465 e. The molecule has 0 bridgehead atoms. The number of carbonyl (C=O) groups is 1. The number of aliphatic hydroxyl groups is 1. The zero-order chi connectivity index (χ0) is 28.1. The fraction of sp³-hybridized carbons (Fsp3) is 0.364. The second kappa shape index (κ2) is 11.2. The minimum Gasteiger partial charge on any atom is -0.465 e. The number of piperazine rings is 1. The molecule has 1 amide bonds. The molecular formula is C22H22F3N7O5S. The first-order valence-corrected chi connectivity index (χ1v) is 12.3. The number of carboxylic acid groups (broad SMARTS) is 1. The van der Waals surface area contributed by atoms with E-state index in [-0.39, 0.29) is 30.3 Å². The van der Waals surface area contributed by atoms with Crippen molar-refractivity contribution in [3.63, 3.8) is 0 Å². The third-order valence-electron chi connectivity index (χ3n) is 5.77. The van der Waals surface area contributed by atoms with Crippen molar-refractivity contribution in [2.24, 2.45) is 5.11 Å². The Morgan fingerprint density at radius 3 is 2.47 bits per heavy atom. The van der Waals surface area contributed by atoms with Crippen LogP contribution in [0.25, 0.3) is 10.4 Å². The lowest BCUT2D eigenvalue weighted by Gasteiger charge is -2.40. The quantitative estimate of drug-likeness (QED) is 0.204. The fourth-order valence-corrected chi connectivity index (χ4v) is 5.23. The van der Waals surface area contributed by atoms with E-state index in [0.29, 0.717) is 5.69 Å². The topological polar surface area (TPSA) is 172 Å². The molecule has 3 rings (SSSR count). The molecular weight excluding hydrogens is 531 g/mol. The maximum absolute atomic E-state index is 13.5. The van der Waals surface area contributed by atoms with Crippen LogP contribution in [0.4, 0.5) is 29.5 Å². The first-order valence-electron chi connectivity index (χ1n) is 10.9. The number of hydrogen-bond acceptors (Lipinski definition) is 7. The number of hydrogen-bond donors (Lipinski definition) is 3. The third-order valence-corrected chi connectivity index (χ3v) is 7.62. The molecule has 38 heavy (non-hydrogen) atoms. The predicted octanol–water partition coefficient (Wildman–Crippen LogP) is 3.13. The van der Waals surface area contributed by atoms with Gasteiger partial charge in [0.25, 0.3) is 0 Å². The summed E-state index contributed by atoms with van der Waals surface area (Å²) in [5.74, 6) is 5.59. The highest BCUT2D eigenvalue weighted by atomic mass is 32.2. The number of anilines is 2. The lowest BCUT2D eigenvalue weighted by Crippen LogP contribution is -2.54. The Hall–Kier alpha value is -4.03. The molecule has 1 aliphatic heterocycles.